The van der Waals surface area contributed by atoms with Crippen molar-refractivity contribution in [2.45, 2.75) is 32.7 Å². The molecule has 5 nitrogen and oxygen atoms in total. The SMILES string of the molecule is Cc1cc(CC(=O)NC(C)(C)CN)no1.Cl. The van der Waals surface area contributed by atoms with Gasteiger partial charge in [-0.25, -0.2) is 0 Å². The van der Waals surface area contributed by atoms with Crippen LogP contribution in [0, 0.1) is 6.92 Å². The summed E-state index contributed by atoms with van der Waals surface area (Å²) >= 11 is 0. The number of amides is 1. The Hall–Kier alpha value is -1.07. The molecule has 0 bridgehead atoms. The van der Waals surface area contributed by atoms with Crippen LogP contribution in [0.25, 0.3) is 0 Å². The fraction of sp³-hybridized carbons (Fsp3) is 0.600. The molecule has 0 unspecified atom stereocenters. The van der Waals surface area contributed by atoms with E-state index < -0.39 is 0 Å². The number of rotatable bonds is 4. The summed E-state index contributed by atoms with van der Waals surface area (Å²) in [6.45, 7) is 5.94. The van der Waals surface area contributed by atoms with Crippen LogP contribution in [0.3, 0.4) is 0 Å². The Kier molecular flexibility index (Phi) is 5.47. The van der Waals surface area contributed by atoms with Crippen LogP contribution in [-0.4, -0.2) is 23.1 Å². The van der Waals surface area contributed by atoms with E-state index in [2.05, 4.69) is 10.5 Å². The van der Waals surface area contributed by atoms with E-state index in [-0.39, 0.29) is 30.3 Å². The van der Waals surface area contributed by atoms with Crippen molar-refractivity contribution < 1.29 is 9.32 Å². The van der Waals surface area contributed by atoms with Gasteiger partial charge >= 0.3 is 0 Å². The van der Waals surface area contributed by atoms with Crippen molar-refractivity contribution in [3.63, 3.8) is 0 Å². The van der Waals surface area contributed by atoms with Gasteiger partial charge in [-0.1, -0.05) is 5.16 Å². The fourth-order valence-corrected chi connectivity index (χ4v) is 1.14. The van der Waals surface area contributed by atoms with E-state index >= 15 is 0 Å². The molecule has 1 heterocycles. The molecule has 0 saturated heterocycles. The predicted octanol–water partition coefficient (Wildman–Crippen LogP) is 0.801. The summed E-state index contributed by atoms with van der Waals surface area (Å²) in [5.41, 5.74) is 5.76. The van der Waals surface area contributed by atoms with Crippen LogP contribution in [0.2, 0.25) is 0 Å². The molecule has 1 rings (SSSR count). The molecule has 3 N–H and O–H groups in total. The second-order valence-corrected chi connectivity index (χ2v) is 4.24. The highest BCUT2D eigenvalue weighted by Gasteiger charge is 2.18. The first kappa shape index (κ1) is 14.9. The van der Waals surface area contributed by atoms with Crippen molar-refractivity contribution in [1.29, 1.82) is 0 Å². The summed E-state index contributed by atoms with van der Waals surface area (Å²) in [6.07, 6.45) is 0.223. The summed E-state index contributed by atoms with van der Waals surface area (Å²) in [4.78, 5) is 11.5. The Balaban J connectivity index is 0.00000225. The van der Waals surface area contributed by atoms with Crippen LogP contribution < -0.4 is 11.1 Å². The second kappa shape index (κ2) is 5.86. The molecule has 6 heteroatoms. The van der Waals surface area contributed by atoms with E-state index in [1.165, 1.54) is 0 Å². The van der Waals surface area contributed by atoms with Crippen molar-refractivity contribution in [1.82, 2.24) is 10.5 Å². The van der Waals surface area contributed by atoms with Crippen molar-refractivity contribution >= 4 is 18.3 Å². The van der Waals surface area contributed by atoms with Gasteiger partial charge in [-0.2, -0.15) is 0 Å². The zero-order valence-electron chi connectivity index (χ0n) is 9.74. The van der Waals surface area contributed by atoms with E-state index in [1.54, 1.807) is 13.0 Å². The zero-order valence-corrected chi connectivity index (χ0v) is 10.6. The average molecular weight is 248 g/mol. The first-order chi connectivity index (χ1) is 6.93. The number of halogens is 1. The van der Waals surface area contributed by atoms with Gasteiger partial charge in [0.2, 0.25) is 5.91 Å². The van der Waals surface area contributed by atoms with E-state index in [1.807, 2.05) is 13.8 Å². The number of carbonyl (C=O) groups is 1. The van der Waals surface area contributed by atoms with Gasteiger partial charge in [-0.3, -0.25) is 4.79 Å². The highest BCUT2D eigenvalue weighted by Crippen LogP contribution is 2.04. The molecule has 0 aliphatic rings. The topological polar surface area (TPSA) is 81.2 Å². The van der Waals surface area contributed by atoms with Gasteiger partial charge in [-0.15, -0.1) is 12.4 Å². The number of hydrogen-bond acceptors (Lipinski definition) is 4. The number of nitrogens with one attached hydrogen (secondary N) is 1. The lowest BCUT2D eigenvalue weighted by molar-refractivity contribution is -0.122. The van der Waals surface area contributed by atoms with Gasteiger partial charge < -0.3 is 15.6 Å². The highest BCUT2D eigenvalue weighted by atomic mass is 35.5. The minimum absolute atomic E-state index is 0. The Labute approximate surface area is 101 Å². The quantitative estimate of drug-likeness (QED) is 0.825. The standard InChI is InChI=1S/C10H17N3O2.ClH/c1-7-4-8(13-15-7)5-9(14)12-10(2,3)6-11;/h4H,5-6,11H2,1-3H3,(H,12,14);1H. The Bertz CT molecular complexity index is 350. The Morgan fingerprint density at radius 2 is 2.25 bits per heavy atom. The summed E-state index contributed by atoms with van der Waals surface area (Å²) in [7, 11) is 0. The van der Waals surface area contributed by atoms with Crippen LogP contribution in [-0.2, 0) is 11.2 Å². The lowest BCUT2D eigenvalue weighted by Crippen LogP contribution is -2.49. The fourth-order valence-electron chi connectivity index (χ4n) is 1.14. The van der Waals surface area contributed by atoms with Crippen molar-refractivity contribution in [2.24, 2.45) is 5.73 Å². The van der Waals surface area contributed by atoms with Crippen LogP contribution in [0.4, 0.5) is 0 Å². The number of aryl methyl sites for hydroxylation is 1. The molecule has 1 amide bonds. The number of hydrogen-bond donors (Lipinski definition) is 2. The third-order valence-corrected chi connectivity index (χ3v) is 2.01. The summed E-state index contributed by atoms with van der Waals surface area (Å²) in [6, 6.07) is 1.75. The number of nitrogens with two attached hydrogens (primary N) is 1. The van der Waals surface area contributed by atoms with Gasteiger partial charge in [0.05, 0.1) is 12.1 Å². The number of aromatic nitrogens is 1. The molecule has 0 aliphatic heterocycles. The molecule has 16 heavy (non-hydrogen) atoms. The highest BCUT2D eigenvalue weighted by molar-refractivity contribution is 5.85. The smallest absolute Gasteiger partial charge is 0.226 e. The molecule has 0 fully saturated rings. The Morgan fingerprint density at radius 3 is 2.69 bits per heavy atom. The van der Waals surface area contributed by atoms with Gasteiger partial charge in [0.25, 0.3) is 0 Å². The molecule has 1 aromatic rings. The minimum Gasteiger partial charge on any atom is -0.361 e. The molecule has 0 atom stereocenters. The molecule has 1 aromatic heterocycles. The van der Waals surface area contributed by atoms with Crippen LogP contribution in [0.15, 0.2) is 10.6 Å². The molecule has 0 spiro atoms. The van der Waals surface area contributed by atoms with E-state index in [0.717, 1.165) is 0 Å². The second-order valence-electron chi connectivity index (χ2n) is 4.24. The zero-order chi connectivity index (χ0) is 11.5. The first-order valence-electron chi connectivity index (χ1n) is 4.86. The van der Waals surface area contributed by atoms with Crippen molar-refractivity contribution in [2.75, 3.05) is 6.54 Å². The van der Waals surface area contributed by atoms with Gasteiger partial charge in [-0.05, 0) is 20.8 Å². The van der Waals surface area contributed by atoms with Gasteiger partial charge in [0.1, 0.15) is 5.76 Å². The Morgan fingerprint density at radius 1 is 1.62 bits per heavy atom. The lowest BCUT2D eigenvalue weighted by Gasteiger charge is -2.23. The number of nitrogens with zero attached hydrogens (tertiary/aromatic N) is 1. The maximum Gasteiger partial charge on any atom is 0.226 e. The lowest BCUT2D eigenvalue weighted by atomic mass is 10.1. The van der Waals surface area contributed by atoms with Crippen LogP contribution in [0.1, 0.15) is 25.3 Å². The van der Waals surface area contributed by atoms with Gasteiger partial charge in [0, 0.05) is 18.2 Å². The number of carbonyl (C=O) groups excluding carboxylic acids is 1. The molecule has 0 saturated carbocycles. The summed E-state index contributed by atoms with van der Waals surface area (Å²) in [5.74, 6) is 0.606. The van der Waals surface area contributed by atoms with E-state index in [0.29, 0.717) is 18.0 Å². The largest absolute Gasteiger partial charge is 0.361 e. The average Bonchev–Trinajstić information content (AvgIpc) is 2.50. The molecule has 92 valence electrons. The van der Waals surface area contributed by atoms with Gasteiger partial charge in [0.15, 0.2) is 0 Å². The minimum atomic E-state index is -0.379. The normalized spacial score (nSPS) is 10.8. The van der Waals surface area contributed by atoms with Crippen LogP contribution >= 0.6 is 12.4 Å². The summed E-state index contributed by atoms with van der Waals surface area (Å²) < 4.78 is 4.87. The summed E-state index contributed by atoms with van der Waals surface area (Å²) in [5, 5.41) is 6.56. The van der Waals surface area contributed by atoms with Crippen molar-refractivity contribution in [3.05, 3.63) is 17.5 Å². The van der Waals surface area contributed by atoms with Crippen molar-refractivity contribution in [3.8, 4) is 0 Å². The monoisotopic (exact) mass is 247 g/mol. The third kappa shape index (κ3) is 4.63. The molecule has 0 radical (unpaired) electrons. The van der Waals surface area contributed by atoms with E-state index in [4.69, 9.17) is 10.3 Å². The molecular weight excluding hydrogens is 230 g/mol. The molecule has 0 aliphatic carbocycles. The molecular formula is C10H18ClN3O2. The van der Waals surface area contributed by atoms with Crippen LogP contribution in [0.5, 0.6) is 0 Å². The molecule has 0 aromatic carbocycles. The maximum atomic E-state index is 11.5. The predicted molar refractivity (Wildman–Crippen MR) is 63.5 cm³/mol. The van der Waals surface area contributed by atoms with E-state index in [9.17, 15) is 4.79 Å². The first-order valence-corrected chi connectivity index (χ1v) is 4.86. The maximum absolute atomic E-state index is 11.5. The third-order valence-electron chi connectivity index (χ3n) is 2.01.